The van der Waals surface area contributed by atoms with Crippen LogP contribution in [0.15, 0.2) is 182 Å². The third-order valence-electron chi connectivity index (χ3n) is 10.2. The van der Waals surface area contributed by atoms with Crippen molar-refractivity contribution in [3.05, 3.63) is 193 Å². The molecule has 9 rings (SSSR count). The van der Waals surface area contributed by atoms with Gasteiger partial charge in [0.15, 0.2) is 0 Å². The van der Waals surface area contributed by atoms with Crippen molar-refractivity contribution < 1.29 is 0 Å². The summed E-state index contributed by atoms with van der Waals surface area (Å²) < 4.78 is 0. The molecular weight excluding hydrogens is 593 g/mol. The van der Waals surface area contributed by atoms with Crippen LogP contribution in [0, 0.1) is 0 Å². The topological polar surface area (TPSA) is 6.48 Å². The number of benzene rings is 8. The van der Waals surface area contributed by atoms with Crippen LogP contribution in [0.5, 0.6) is 0 Å². The fourth-order valence-electron chi connectivity index (χ4n) is 7.67. The lowest BCUT2D eigenvalue weighted by Gasteiger charge is -2.29. The minimum absolute atomic E-state index is 0.200. The molecule has 0 unspecified atom stereocenters. The van der Waals surface area contributed by atoms with Crippen LogP contribution in [0.3, 0.4) is 0 Å². The van der Waals surface area contributed by atoms with Crippen LogP contribution in [-0.2, 0) is 5.41 Å². The molecule has 0 fully saturated rings. The van der Waals surface area contributed by atoms with Gasteiger partial charge in [-0.25, -0.2) is 0 Å². The molecule has 234 valence electrons. The molecule has 0 atom stereocenters. The summed E-state index contributed by atoms with van der Waals surface area (Å²) in [5, 5.41) is 4.95. The Kier molecular flexibility index (Phi) is 6.84. The van der Waals surface area contributed by atoms with Crippen molar-refractivity contribution in [2.24, 2.45) is 0 Å². The van der Waals surface area contributed by atoms with Gasteiger partial charge in [0.2, 0.25) is 0 Å². The average Bonchev–Trinajstić information content (AvgIpc) is 3.37. The number of nitrogens with zero attached hydrogens (tertiary/aromatic N) is 2. The van der Waals surface area contributed by atoms with E-state index in [9.17, 15) is 0 Å². The zero-order chi connectivity index (χ0) is 33.0. The Morgan fingerprint density at radius 3 is 1.08 bits per heavy atom. The van der Waals surface area contributed by atoms with Gasteiger partial charge in [0.25, 0.3) is 0 Å². The monoisotopic (exact) mass is 628 g/mol. The molecule has 0 aliphatic heterocycles. The van der Waals surface area contributed by atoms with Crippen molar-refractivity contribution in [1.29, 1.82) is 0 Å². The molecule has 0 bridgehead atoms. The van der Waals surface area contributed by atoms with Crippen molar-refractivity contribution >= 4 is 55.7 Å². The number of fused-ring (bicyclic) bond motifs is 5. The van der Waals surface area contributed by atoms with Gasteiger partial charge in [0.1, 0.15) is 0 Å². The lowest BCUT2D eigenvalue weighted by atomic mass is 9.82. The van der Waals surface area contributed by atoms with E-state index in [0.29, 0.717) is 0 Å². The standard InChI is InChI=1S/C47H36N2/c1-47(2)45-31-41(48(37-17-5-3-6-18-37)39-23-21-33-13-9-11-15-35(33)29-39)25-27-43(45)44-28-26-42(32-46(44)47)49(38-19-7-4-8-20-38)40-24-22-34-14-10-12-16-36(34)30-40/h3-32H,1-2H3. The molecule has 8 aromatic rings. The van der Waals surface area contributed by atoms with Gasteiger partial charge in [-0.3, -0.25) is 0 Å². The molecule has 0 saturated heterocycles. The average molecular weight is 629 g/mol. The highest BCUT2D eigenvalue weighted by molar-refractivity contribution is 5.93. The Morgan fingerprint density at radius 2 is 0.653 bits per heavy atom. The Morgan fingerprint density at radius 1 is 0.306 bits per heavy atom. The van der Waals surface area contributed by atoms with Crippen LogP contribution in [0.25, 0.3) is 32.7 Å². The quantitative estimate of drug-likeness (QED) is 0.181. The number of anilines is 6. The van der Waals surface area contributed by atoms with Crippen LogP contribution < -0.4 is 9.80 Å². The van der Waals surface area contributed by atoms with Gasteiger partial charge in [0, 0.05) is 39.5 Å². The Balaban J connectivity index is 1.16. The first kappa shape index (κ1) is 29.1. The van der Waals surface area contributed by atoms with E-state index in [1.54, 1.807) is 0 Å². The molecule has 0 amide bonds. The maximum absolute atomic E-state index is 2.41. The lowest BCUT2D eigenvalue weighted by molar-refractivity contribution is 0.660. The van der Waals surface area contributed by atoms with Gasteiger partial charge < -0.3 is 9.80 Å². The molecule has 0 aromatic heterocycles. The third-order valence-corrected chi connectivity index (χ3v) is 10.2. The second-order valence-corrected chi connectivity index (χ2v) is 13.5. The molecule has 8 aromatic carbocycles. The summed E-state index contributed by atoms with van der Waals surface area (Å²) in [6.07, 6.45) is 0. The highest BCUT2D eigenvalue weighted by atomic mass is 15.1. The van der Waals surface area contributed by atoms with E-state index in [0.717, 1.165) is 34.1 Å². The minimum Gasteiger partial charge on any atom is -0.310 e. The van der Waals surface area contributed by atoms with Crippen LogP contribution in [-0.4, -0.2) is 0 Å². The summed E-state index contributed by atoms with van der Waals surface area (Å²) in [6, 6.07) is 66.1. The molecule has 1 aliphatic rings. The third kappa shape index (κ3) is 4.96. The van der Waals surface area contributed by atoms with Gasteiger partial charge in [-0.2, -0.15) is 0 Å². The first-order valence-corrected chi connectivity index (χ1v) is 17.0. The maximum Gasteiger partial charge on any atom is 0.0468 e. The lowest BCUT2D eigenvalue weighted by Crippen LogP contribution is -2.17. The molecule has 0 N–H and O–H groups in total. The maximum atomic E-state index is 2.41. The Bertz CT molecular complexity index is 2310. The summed E-state index contributed by atoms with van der Waals surface area (Å²) in [5.41, 5.74) is 12.0. The number of hydrogen-bond acceptors (Lipinski definition) is 2. The van der Waals surface area contributed by atoms with E-state index in [-0.39, 0.29) is 5.41 Å². The molecule has 49 heavy (non-hydrogen) atoms. The smallest absolute Gasteiger partial charge is 0.0468 e. The van der Waals surface area contributed by atoms with Gasteiger partial charge in [-0.1, -0.05) is 123 Å². The largest absolute Gasteiger partial charge is 0.310 e. The second-order valence-electron chi connectivity index (χ2n) is 13.5. The summed E-state index contributed by atoms with van der Waals surface area (Å²) >= 11 is 0. The summed E-state index contributed by atoms with van der Waals surface area (Å²) in [4.78, 5) is 4.77. The molecule has 2 nitrogen and oxygen atoms in total. The SMILES string of the molecule is CC1(C)c2cc(N(c3ccccc3)c3ccc4ccccc4c3)ccc2-c2ccc(N(c3ccccc3)c3ccc4ccccc4c3)cc21. The molecule has 1 aliphatic carbocycles. The minimum atomic E-state index is -0.200. The Hall–Kier alpha value is -6.12. The predicted molar refractivity (Wildman–Crippen MR) is 208 cm³/mol. The zero-order valence-electron chi connectivity index (χ0n) is 27.7. The molecule has 0 spiro atoms. The van der Waals surface area contributed by atoms with Crippen LogP contribution in [0.4, 0.5) is 34.1 Å². The number of para-hydroxylation sites is 2. The molecule has 2 heteroatoms. The molecule has 0 heterocycles. The molecule has 0 saturated carbocycles. The van der Waals surface area contributed by atoms with Crippen LogP contribution >= 0.6 is 0 Å². The van der Waals surface area contributed by atoms with Gasteiger partial charge >= 0.3 is 0 Å². The fraction of sp³-hybridized carbons (Fsp3) is 0.0638. The van der Waals surface area contributed by atoms with E-state index in [2.05, 4.69) is 206 Å². The van der Waals surface area contributed by atoms with Gasteiger partial charge in [0.05, 0.1) is 0 Å². The molecule has 0 radical (unpaired) electrons. The van der Waals surface area contributed by atoms with Crippen LogP contribution in [0.1, 0.15) is 25.0 Å². The van der Waals surface area contributed by atoms with E-state index in [4.69, 9.17) is 0 Å². The number of rotatable bonds is 6. The number of hydrogen-bond donors (Lipinski definition) is 0. The van der Waals surface area contributed by atoms with Gasteiger partial charge in [-0.15, -0.1) is 0 Å². The van der Waals surface area contributed by atoms with Gasteiger partial charge in [-0.05, 0) is 117 Å². The first-order chi connectivity index (χ1) is 24.0. The summed E-state index contributed by atoms with van der Waals surface area (Å²) in [6.45, 7) is 4.74. The van der Waals surface area contributed by atoms with Crippen LogP contribution in [0.2, 0.25) is 0 Å². The summed E-state index contributed by atoms with van der Waals surface area (Å²) in [5.74, 6) is 0. The fourth-order valence-corrected chi connectivity index (χ4v) is 7.67. The highest BCUT2D eigenvalue weighted by Crippen LogP contribution is 2.52. The van der Waals surface area contributed by atoms with Crippen molar-refractivity contribution in [3.8, 4) is 11.1 Å². The van der Waals surface area contributed by atoms with E-state index < -0.39 is 0 Å². The Labute approximate surface area is 288 Å². The first-order valence-electron chi connectivity index (χ1n) is 17.0. The summed E-state index contributed by atoms with van der Waals surface area (Å²) in [7, 11) is 0. The predicted octanol–water partition coefficient (Wildman–Crippen LogP) is 13.2. The van der Waals surface area contributed by atoms with E-state index in [1.807, 2.05) is 0 Å². The van der Waals surface area contributed by atoms with Crippen molar-refractivity contribution in [2.45, 2.75) is 19.3 Å². The second kappa shape index (κ2) is 11.5. The van der Waals surface area contributed by atoms with Crippen molar-refractivity contribution in [1.82, 2.24) is 0 Å². The normalized spacial score (nSPS) is 12.9. The zero-order valence-corrected chi connectivity index (χ0v) is 27.7. The van der Waals surface area contributed by atoms with E-state index >= 15 is 0 Å². The van der Waals surface area contributed by atoms with Crippen molar-refractivity contribution in [3.63, 3.8) is 0 Å². The van der Waals surface area contributed by atoms with Crippen molar-refractivity contribution in [2.75, 3.05) is 9.80 Å². The highest BCUT2D eigenvalue weighted by Gasteiger charge is 2.37. The van der Waals surface area contributed by atoms with E-state index in [1.165, 1.54) is 43.8 Å². The molecular formula is C47H36N2.